The van der Waals surface area contributed by atoms with Crippen LogP contribution in [0.5, 0.6) is 0 Å². The van der Waals surface area contributed by atoms with Crippen molar-refractivity contribution in [3.05, 3.63) is 74.7 Å². The summed E-state index contributed by atoms with van der Waals surface area (Å²) in [7, 11) is -3.62. The smallest absolute Gasteiger partial charge is 0.241 e. The lowest BCUT2D eigenvalue weighted by molar-refractivity contribution is 0.294. The highest BCUT2D eigenvalue weighted by molar-refractivity contribution is 7.89. The van der Waals surface area contributed by atoms with Crippen LogP contribution in [-0.4, -0.2) is 29.5 Å². The SMILES string of the molecule is CC1(N)CCCCC1.CC1(NS(=O)(=O)c2ccc3c(Cl)cnc(Cl)c3c2)CCCCC1.Cc1ccc2c(Cl)cnc(Cl)c2c1. The van der Waals surface area contributed by atoms with Crippen molar-refractivity contribution in [1.82, 2.24) is 14.7 Å². The molecule has 6 rings (SSSR count). The zero-order valence-electron chi connectivity index (χ0n) is 25.4. The van der Waals surface area contributed by atoms with Gasteiger partial charge in [-0.2, -0.15) is 0 Å². The van der Waals surface area contributed by atoms with Crippen LogP contribution in [-0.2, 0) is 10.0 Å². The predicted molar refractivity (Wildman–Crippen MR) is 186 cm³/mol. The number of fused-ring (bicyclic) bond motifs is 2. The van der Waals surface area contributed by atoms with Crippen molar-refractivity contribution in [2.24, 2.45) is 5.73 Å². The summed E-state index contributed by atoms with van der Waals surface area (Å²) < 4.78 is 28.3. The molecule has 0 bridgehead atoms. The molecule has 2 aromatic heterocycles. The van der Waals surface area contributed by atoms with Crippen molar-refractivity contribution in [3.8, 4) is 0 Å². The third-order valence-corrected chi connectivity index (χ3v) is 11.2. The number of aromatic nitrogens is 2. The molecule has 2 heterocycles. The van der Waals surface area contributed by atoms with Crippen molar-refractivity contribution >= 4 is 78.0 Å². The Kier molecular flexibility index (Phi) is 11.8. The van der Waals surface area contributed by atoms with Gasteiger partial charge in [0.25, 0.3) is 0 Å². The number of halogens is 4. The summed E-state index contributed by atoms with van der Waals surface area (Å²) in [6, 6.07) is 10.7. The number of benzene rings is 2. The van der Waals surface area contributed by atoms with Crippen LogP contribution < -0.4 is 10.5 Å². The molecule has 0 unspecified atom stereocenters. The molecule has 2 aliphatic rings. The van der Waals surface area contributed by atoms with Crippen LogP contribution in [0.2, 0.25) is 20.4 Å². The lowest BCUT2D eigenvalue weighted by atomic mass is 9.84. The molecule has 4 aromatic rings. The monoisotopic (exact) mass is 696 g/mol. The first-order valence-electron chi connectivity index (χ1n) is 15.0. The first-order chi connectivity index (χ1) is 20.7. The highest BCUT2D eigenvalue weighted by atomic mass is 35.5. The van der Waals surface area contributed by atoms with Crippen LogP contribution in [0, 0.1) is 6.92 Å². The van der Waals surface area contributed by atoms with Crippen LogP contribution in [0.1, 0.15) is 83.6 Å². The average molecular weight is 699 g/mol. The molecule has 238 valence electrons. The van der Waals surface area contributed by atoms with Crippen molar-refractivity contribution < 1.29 is 8.42 Å². The van der Waals surface area contributed by atoms with Gasteiger partial charge in [-0.05, 0) is 64.7 Å². The largest absolute Gasteiger partial charge is 0.325 e. The van der Waals surface area contributed by atoms with Crippen molar-refractivity contribution in [3.63, 3.8) is 0 Å². The van der Waals surface area contributed by atoms with Gasteiger partial charge in [-0.15, -0.1) is 0 Å². The number of nitrogens with two attached hydrogens (primary N) is 1. The van der Waals surface area contributed by atoms with E-state index >= 15 is 0 Å². The number of nitrogens with zero attached hydrogens (tertiary/aromatic N) is 2. The minimum atomic E-state index is -3.62. The molecule has 2 aromatic carbocycles. The molecule has 0 aliphatic heterocycles. The number of pyridine rings is 2. The van der Waals surface area contributed by atoms with E-state index < -0.39 is 10.0 Å². The maximum atomic E-state index is 12.7. The lowest BCUT2D eigenvalue weighted by Crippen LogP contribution is -2.47. The molecule has 11 heteroatoms. The standard InChI is InChI=1S/C16H18Cl2N2O2S.C10H7Cl2N.C7H15N/c1-16(7-3-2-4-8-16)20-23(21,22)11-5-6-12-13(9-11)15(18)19-10-14(12)17;1-6-2-3-7-8(4-6)10(12)13-5-9(7)11;1-7(8)5-3-2-4-6-7/h5-6,9-10,20H,2-4,7-8H2,1H3;2-5H,1H3;2-6,8H2,1H3. The second kappa shape index (κ2) is 14.8. The summed E-state index contributed by atoms with van der Waals surface area (Å²) in [5.41, 5.74) is 6.82. The zero-order valence-corrected chi connectivity index (χ0v) is 29.2. The highest BCUT2D eigenvalue weighted by Gasteiger charge is 2.32. The Labute approximate surface area is 281 Å². The minimum absolute atomic E-state index is 0.179. The van der Waals surface area contributed by atoms with Crippen molar-refractivity contribution in [2.45, 2.75) is 101 Å². The summed E-state index contributed by atoms with van der Waals surface area (Å²) in [6.45, 7) is 6.14. The molecule has 0 radical (unpaired) electrons. The van der Waals surface area contributed by atoms with E-state index in [1.807, 2.05) is 32.0 Å². The summed E-state index contributed by atoms with van der Waals surface area (Å²) in [6.07, 6.45) is 14.5. The van der Waals surface area contributed by atoms with Gasteiger partial charge in [0.1, 0.15) is 10.3 Å². The normalized spacial score (nSPS) is 17.7. The summed E-state index contributed by atoms with van der Waals surface area (Å²) in [5.74, 6) is 0. The fourth-order valence-electron chi connectivity index (χ4n) is 5.79. The van der Waals surface area contributed by atoms with Crippen LogP contribution in [0.4, 0.5) is 0 Å². The van der Waals surface area contributed by atoms with E-state index in [-0.39, 0.29) is 21.1 Å². The Bertz CT molecular complexity index is 1720. The van der Waals surface area contributed by atoms with Gasteiger partial charge in [-0.1, -0.05) is 109 Å². The second-order valence-corrected chi connectivity index (χ2v) is 15.7. The molecule has 2 saturated carbocycles. The van der Waals surface area contributed by atoms with Gasteiger partial charge in [0.2, 0.25) is 10.0 Å². The third-order valence-electron chi connectivity index (χ3n) is 8.35. The van der Waals surface area contributed by atoms with Gasteiger partial charge in [0.05, 0.1) is 14.9 Å². The Morgan fingerprint density at radius 2 is 1.18 bits per heavy atom. The van der Waals surface area contributed by atoms with E-state index in [4.69, 9.17) is 52.1 Å². The third kappa shape index (κ3) is 9.18. The molecule has 2 aliphatic carbocycles. The fourth-order valence-corrected chi connectivity index (χ4v) is 8.12. The molecular weight excluding hydrogens is 658 g/mol. The summed E-state index contributed by atoms with van der Waals surface area (Å²) >= 11 is 24.1. The second-order valence-electron chi connectivity index (χ2n) is 12.5. The molecule has 3 N–H and O–H groups in total. The number of hydrogen-bond acceptors (Lipinski definition) is 5. The molecule has 0 atom stereocenters. The van der Waals surface area contributed by atoms with Gasteiger partial charge < -0.3 is 5.73 Å². The van der Waals surface area contributed by atoms with Crippen LogP contribution in [0.15, 0.2) is 53.7 Å². The van der Waals surface area contributed by atoms with E-state index in [1.165, 1.54) is 44.4 Å². The minimum Gasteiger partial charge on any atom is -0.325 e. The molecule has 0 saturated heterocycles. The van der Waals surface area contributed by atoms with Crippen LogP contribution in [0.3, 0.4) is 0 Å². The first-order valence-corrected chi connectivity index (χ1v) is 18.0. The quantitative estimate of drug-likeness (QED) is 0.208. The topological polar surface area (TPSA) is 98.0 Å². The van der Waals surface area contributed by atoms with Gasteiger partial charge >= 0.3 is 0 Å². The number of hydrogen-bond donors (Lipinski definition) is 2. The van der Waals surface area contributed by atoms with Gasteiger partial charge in [-0.25, -0.2) is 23.1 Å². The summed E-state index contributed by atoms with van der Waals surface area (Å²) in [4.78, 5) is 8.14. The maximum Gasteiger partial charge on any atom is 0.241 e. The fraction of sp³-hybridized carbons (Fsp3) is 0.455. The van der Waals surface area contributed by atoms with E-state index in [0.29, 0.717) is 26.0 Å². The van der Waals surface area contributed by atoms with Crippen molar-refractivity contribution in [2.75, 3.05) is 0 Å². The van der Waals surface area contributed by atoms with Gasteiger partial charge in [0.15, 0.2) is 0 Å². The summed E-state index contributed by atoms with van der Waals surface area (Å²) in [5, 5.41) is 4.92. The Morgan fingerprint density at radius 1 is 0.705 bits per heavy atom. The zero-order chi connectivity index (χ0) is 32.1. The molecule has 6 nitrogen and oxygen atoms in total. The number of sulfonamides is 1. The average Bonchev–Trinajstić information content (AvgIpc) is 2.97. The Hall–Kier alpha value is -1.71. The Morgan fingerprint density at radius 3 is 1.68 bits per heavy atom. The first kappa shape index (κ1) is 35.1. The van der Waals surface area contributed by atoms with Gasteiger partial charge in [0, 0.05) is 45.0 Å². The lowest BCUT2D eigenvalue weighted by Gasteiger charge is -2.34. The highest BCUT2D eigenvalue weighted by Crippen LogP contribution is 2.33. The van der Waals surface area contributed by atoms with Crippen LogP contribution >= 0.6 is 46.4 Å². The molecule has 0 spiro atoms. The van der Waals surface area contributed by atoms with E-state index in [2.05, 4.69) is 21.6 Å². The number of aryl methyl sites for hydroxylation is 1. The number of nitrogens with one attached hydrogen (secondary N) is 1. The number of rotatable bonds is 3. The molecule has 2 fully saturated rings. The Balaban J connectivity index is 0.000000175. The van der Waals surface area contributed by atoms with Crippen molar-refractivity contribution in [1.29, 1.82) is 0 Å². The van der Waals surface area contributed by atoms with E-state index in [9.17, 15) is 8.42 Å². The van der Waals surface area contributed by atoms with E-state index in [0.717, 1.165) is 48.4 Å². The van der Waals surface area contributed by atoms with Crippen LogP contribution in [0.25, 0.3) is 21.5 Å². The van der Waals surface area contributed by atoms with Gasteiger partial charge in [-0.3, -0.25) is 0 Å². The molecule has 0 amide bonds. The molecular formula is C33H40Cl4N4O2S. The predicted octanol–water partition coefficient (Wildman–Crippen LogP) is 10.1. The maximum absolute atomic E-state index is 12.7. The molecule has 44 heavy (non-hydrogen) atoms. The van der Waals surface area contributed by atoms with E-state index in [1.54, 1.807) is 18.3 Å².